The van der Waals surface area contributed by atoms with E-state index in [0.29, 0.717) is 5.76 Å². The number of benzene rings is 1. The minimum absolute atomic E-state index is 0.103. The Morgan fingerprint density at radius 3 is 2.73 bits per heavy atom. The lowest BCUT2D eigenvalue weighted by atomic mass is 10.3. The Hall–Kier alpha value is -2.58. The average Bonchev–Trinajstić information content (AvgIpc) is 2.97. The first-order valence-electron chi connectivity index (χ1n) is 6.13. The number of nitrogens with one attached hydrogen (secondary N) is 1. The highest BCUT2D eigenvalue weighted by atomic mass is 32.2. The smallest absolute Gasteiger partial charge is 0.248 e. The molecule has 22 heavy (non-hydrogen) atoms. The number of ether oxygens (including phenoxy) is 1. The van der Waals surface area contributed by atoms with Crippen molar-refractivity contribution in [2.45, 2.75) is 4.90 Å². The number of methoxy groups -OCH3 is 1. The fourth-order valence-electron chi connectivity index (χ4n) is 1.70. The van der Waals surface area contributed by atoms with E-state index in [-0.39, 0.29) is 16.3 Å². The zero-order valence-corrected chi connectivity index (χ0v) is 12.5. The largest absolute Gasteiger partial charge is 0.495 e. The summed E-state index contributed by atoms with van der Waals surface area (Å²) in [6, 6.07) is 7.53. The van der Waals surface area contributed by atoms with Crippen LogP contribution >= 0.6 is 0 Å². The fraction of sp³-hybridized carbons (Fsp3) is 0.0714. The molecule has 0 fully saturated rings. The van der Waals surface area contributed by atoms with Gasteiger partial charge in [0.05, 0.1) is 13.4 Å². The molecule has 0 spiro atoms. The molecule has 2 aromatic rings. The van der Waals surface area contributed by atoms with Crippen molar-refractivity contribution in [3.8, 4) is 5.75 Å². The van der Waals surface area contributed by atoms with Crippen molar-refractivity contribution in [2.75, 3.05) is 12.4 Å². The lowest BCUT2D eigenvalue weighted by Gasteiger charge is -2.09. The first-order valence-corrected chi connectivity index (χ1v) is 7.68. The summed E-state index contributed by atoms with van der Waals surface area (Å²) < 4.78 is 33.0. The highest BCUT2D eigenvalue weighted by Gasteiger charge is 2.16. The van der Waals surface area contributed by atoms with Gasteiger partial charge < -0.3 is 14.5 Å². The van der Waals surface area contributed by atoms with E-state index in [0.717, 1.165) is 0 Å². The van der Waals surface area contributed by atoms with E-state index < -0.39 is 15.9 Å². The van der Waals surface area contributed by atoms with Gasteiger partial charge >= 0.3 is 0 Å². The zero-order valence-electron chi connectivity index (χ0n) is 11.6. The number of anilines is 1. The van der Waals surface area contributed by atoms with Gasteiger partial charge in [0.2, 0.25) is 15.9 Å². The number of amides is 1. The van der Waals surface area contributed by atoms with Crippen LogP contribution in [0.5, 0.6) is 5.75 Å². The van der Waals surface area contributed by atoms with Crippen molar-refractivity contribution >= 4 is 27.7 Å². The lowest BCUT2D eigenvalue weighted by Crippen LogP contribution is -2.15. The van der Waals surface area contributed by atoms with Crippen molar-refractivity contribution in [3.05, 3.63) is 48.4 Å². The van der Waals surface area contributed by atoms with Gasteiger partial charge in [0.25, 0.3) is 0 Å². The van der Waals surface area contributed by atoms with Crippen molar-refractivity contribution in [2.24, 2.45) is 5.14 Å². The van der Waals surface area contributed by atoms with Crippen molar-refractivity contribution < 1.29 is 22.4 Å². The maximum Gasteiger partial charge on any atom is 0.248 e. The summed E-state index contributed by atoms with van der Waals surface area (Å²) in [7, 11) is -2.63. The number of carbonyl (C=O) groups excluding carboxylic acids is 1. The molecule has 0 atom stereocenters. The second-order valence-corrected chi connectivity index (χ2v) is 5.78. The van der Waals surface area contributed by atoms with E-state index in [1.807, 2.05) is 0 Å². The van der Waals surface area contributed by atoms with Crippen molar-refractivity contribution in [3.63, 3.8) is 0 Å². The van der Waals surface area contributed by atoms with Crippen LogP contribution in [0.4, 0.5) is 5.69 Å². The molecule has 0 unspecified atom stereocenters. The van der Waals surface area contributed by atoms with Crippen LogP contribution < -0.4 is 15.2 Å². The van der Waals surface area contributed by atoms with Gasteiger partial charge in [-0.05, 0) is 36.4 Å². The second kappa shape index (κ2) is 6.46. The Bertz CT molecular complexity index is 795. The van der Waals surface area contributed by atoms with Crippen LogP contribution in [-0.2, 0) is 14.8 Å². The van der Waals surface area contributed by atoms with Gasteiger partial charge in [-0.2, -0.15) is 0 Å². The van der Waals surface area contributed by atoms with Crippen LogP contribution in [0, 0.1) is 0 Å². The molecule has 3 N–H and O–H groups in total. The maximum atomic E-state index is 11.8. The maximum absolute atomic E-state index is 11.8. The van der Waals surface area contributed by atoms with Crippen LogP contribution in [0.15, 0.2) is 52.0 Å². The SMILES string of the molecule is COc1ccc(NC(=O)/C=C/c2ccco2)cc1S(N)(=O)=O. The molecule has 0 radical (unpaired) electrons. The van der Waals surface area contributed by atoms with E-state index in [9.17, 15) is 13.2 Å². The number of rotatable bonds is 5. The van der Waals surface area contributed by atoms with E-state index in [4.69, 9.17) is 14.3 Å². The molecule has 7 nitrogen and oxygen atoms in total. The van der Waals surface area contributed by atoms with E-state index >= 15 is 0 Å². The van der Waals surface area contributed by atoms with Gasteiger partial charge in [-0.25, -0.2) is 13.6 Å². The molecule has 1 aromatic heterocycles. The van der Waals surface area contributed by atoms with Gasteiger partial charge in [0.15, 0.2) is 0 Å². The van der Waals surface area contributed by atoms with Crippen molar-refractivity contribution in [1.29, 1.82) is 0 Å². The Morgan fingerprint density at radius 1 is 1.36 bits per heavy atom. The minimum Gasteiger partial charge on any atom is -0.495 e. The quantitative estimate of drug-likeness (QED) is 0.812. The first-order chi connectivity index (χ1) is 10.4. The van der Waals surface area contributed by atoms with Crippen LogP contribution in [-0.4, -0.2) is 21.4 Å². The summed E-state index contributed by atoms with van der Waals surface area (Å²) in [5.74, 6) is 0.184. The number of hydrogen-bond donors (Lipinski definition) is 2. The molecule has 2 rings (SSSR count). The van der Waals surface area contributed by atoms with Gasteiger partial charge in [-0.15, -0.1) is 0 Å². The van der Waals surface area contributed by atoms with E-state index in [1.54, 1.807) is 12.1 Å². The highest BCUT2D eigenvalue weighted by Crippen LogP contribution is 2.26. The summed E-state index contributed by atoms with van der Waals surface area (Å²) in [6.45, 7) is 0. The van der Waals surface area contributed by atoms with Crippen LogP contribution in [0.2, 0.25) is 0 Å². The summed E-state index contributed by atoms with van der Waals surface area (Å²) in [4.78, 5) is 11.6. The Labute approximate surface area is 127 Å². The number of hydrogen-bond acceptors (Lipinski definition) is 5. The Balaban J connectivity index is 2.18. The van der Waals surface area contributed by atoms with Gasteiger partial charge in [0.1, 0.15) is 16.4 Å². The monoisotopic (exact) mass is 322 g/mol. The topological polar surface area (TPSA) is 112 Å². The summed E-state index contributed by atoms with van der Waals surface area (Å²) in [6.07, 6.45) is 4.23. The van der Waals surface area contributed by atoms with Crippen molar-refractivity contribution in [1.82, 2.24) is 0 Å². The normalized spacial score (nSPS) is 11.5. The lowest BCUT2D eigenvalue weighted by molar-refractivity contribution is -0.111. The molecule has 116 valence electrons. The van der Waals surface area contributed by atoms with Crippen LogP contribution in [0.25, 0.3) is 6.08 Å². The van der Waals surface area contributed by atoms with Gasteiger partial charge in [0, 0.05) is 11.8 Å². The molecule has 1 heterocycles. The summed E-state index contributed by atoms with van der Waals surface area (Å²) in [5.41, 5.74) is 0.277. The number of carbonyl (C=O) groups is 1. The van der Waals surface area contributed by atoms with Crippen LogP contribution in [0.1, 0.15) is 5.76 Å². The standard InChI is InChI=1S/C14H14N2O5S/c1-20-12-6-4-10(9-13(12)22(15,18)19)16-14(17)7-5-11-3-2-8-21-11/h2-9H,1H3,(H,16,17)(H2,15,18,19)/b7-5+. The fourth-order valence-corrected chi connectivity index (χ4v) is 2.43. The summed E-state index contributed by atoms with van der Waals surface area (Å²) in [5, 5.41) is 7.63. The molecule has 0 aliphatic heterocycles. The van der Waals surface area contributed by atoms with Gasteiger partial charge in [-0.3, -0.25) is 4.79 Å². The molecule has 1 amide bonds. The number of furan rings is 1. The molecule has 1 aromatic carbocycles. The Kier molecular flexibility index (Phi) is 4.64. The summed E-state index contributed by atoms with van der Waals surface area (Å²) >= 11 is 0. The van der Waals surface area contributed by atoms with E-state index in [1.165, 1.54) is 43.7 Å². The first kappa shape index (κ1) is 15.8. The molecule has 0 bridgehead atoms. The molecule has 0 saturated carbocycles. The highest BCUT2D eigenvalue weighted by molar-refractivity contribution is 7.89. The third kappa shape index (κ3) is 3.96. The molecular weight excluding hydrogens is 308 g/mol. The number of primary sulfonamides is 1. The number of sulfonamides is 1. The van der Waals surface area contributed by atoms with Crippen LogP contribution in [0.3, 0.4) is 0 Å². The zero-order chi connectivity index (χ0) is 16.2. The third-order valence-electron chi connectivity index (χ3n) is 2.68. The number of nitrogens with two attached hydrogens (primary N) is 1. The second-order valence-electron chi connectivity index (χ2n) is 4.25. The molecule has 0 aliphatic rings. The average molecular weight is 322 g/mol. The predicted octanol–water partition coefficient (Wildman–Crippen LogP) is 1.59. The van der Waals surface area contributed by atoms with E-state index in [2.05, 4.69) is 5.32 Å². The third-order valence-corrected chi connectivity index (χ3v) is 3.61. The molecule has 0 saturated heterocycles. The molecule has 0 aliphatic carbocycles. The Morgan fingerprint density at radius 2 is 2.14 bits per heavy atom. The van der Waals surface area contributed by atoms with Gasteiger partial charge in [-0.1, -0.05) is 0 Å². The molecular formula is C14H14N2O5S. The predicted molar refractivity (Wildman–Crippen MR) is 80.7 cm³/mol. The minimum atomic E-state index is -3.96. The molecule has 8 heteroatoms.